The third kappa shape index (κ3) is 5.96. The molecule has 1 rings (SSSR count). The smallest absolute Gasteiger partial charge is 0.166 e. The van der Waals surface area contributed by atoms with Crippen molar-refractivity contribution in [3.05, 3.63) is 114 Å². The van der Waals surface area contributed by atoms with Crippen LogP contribution < -0.4 is 0 Å². The molecule has 0 aromatic heterocycles. The van der Waals surface area contributed by atoms with Gasteiger partial charge in [0.25, 0.3) is 0 Å². The Kier molecular flexibility index (Phi) is 7.19. The van der Waals surface area contributed by atoms with Gasteiger partial charge in [-0.25, -0.2) is 13.2 Å². The first-order valence-electron chi connectivity index (χ1n) is 7.54. The van der Waals surface area contributed by atoms with Gasteiger partial charge in [-0.3, -0.25) is 0 Å². The molecule has 3 heteroatoms. The van der Waals surface area contributed by atoms with Gasteiger partial charge in [-0.2, -0.15) is 0 Å². The molecule has 0 fully saturated rings. The molecule has 0 heterocycles. The monoisotopic (exact) mass is 342 g/mol. The molecule has 0 radical (unpaired) electrons. The fraction of sp³-hybridized carbons (Fsp3) is 0.0909. The van der Waals surface area contributed by atoms with Gasteiger partial charge in [-0.05, 0) is 42.2 Å². The summed E-state index contributed by atoms with van der Waals surface area (Å²) in [6.45, 7) is 17.4. The Bertz CT molecular complexity index is 818. The first kappa shape index (κ1) is 20.2. The number of allylic oxidation sites excluding steroid dienone is 9. The molecule has 0 aliphatic carbocycles. The number of aryl methyl sites for hydroxylation is 1. The summed E-state index contributed by atoms with van der Waals surface area (Å²) in [5.74, 6) is -2.47. The van der Waals surface area contributed by atoms with E-state index in [9.17, 15) is 13.2 Å². The van der Waals surface area contributed by atoms with Gasteiger partial charge >= 0.3 is 0 Å². The van der Waals surface area contributed by atoms with E-state index in [-0.39, 0.29) is 22.5 Å². The van der Waals surface area contributed by atoms with Crippen molar-refractivity contribution in [2.24, 2.45) is 0 Å². The zero-order valence-electron chi connectivity index (χ0n) is 14.5. The van der Waals surface area contributed by atoms with E-state index in [1.54, 1.807) is 37.3 Å². The van der Waals surface area contributed by atoms with Gasteiger partial charge in [0, 0.05) is 11.1 Å². The lowest BCUT2D eigenvalue weighted by Gasteiger charge is -2.05. The second kappa shape index (κ2) is 8.88. The molecule has 0 saturated heterocycles. The van der Waals surface area contributed by atoms with Gasteiger partial charge in [0.2, 0.25) is 0 Å². The van der Waals surface area contributed by atoms with Gasteiger partial charge in [0.1, 0.15) is 5.82 Å². The molecule has 0 amide bonds. The van der Waals surface area contributed by atoms with E-state index in [1.165, 1.54) is 19.1 Å². The van der Waals surface area contributed by atoms with E-state index in [4.69, 9.17) is 0 Å². The van der Waals surface area contributed by atoms with E-state index in [0.717, 1.165) is 5.56 Å². The van der Waals surface area contributed by atoms with Crippen LogP contribution in [0.1, 0.15) is 18.1 Å². The van der Waals surface area contributed by atoms with Crippen molar-refractivity contribution < 1.29 is 13.2 Å². The van der Waals surface area contributed by atoms with Crippen LogP contribution in [0, 0.1) is 12.7 Å². The van der Waals surface area contributed by atoms with E-state index in [2.05, 4.69) is 26.3 Å². The number of benzene rings is 1. The number of halogens is 3. The minimum atomic E-state index is -1.09. The summed E-state index contributed by atoms with van der Waals surface area (Å²) in [6, 6.07) is 4.91. The van der Waals surface area contributed by atoms with Crippen LogP contribution in [0.25, 0.3) is 6.08 Å². The molecular formula is C22H21F3. The summed E-state index contributed by atoms with van der Waals surface area (Å²) in [4.78, 5) is 0. The summed E-state index contributed by atoms with van der Waals surface area (Å²) in [5, 5.41) is 0. The molecule has 0 atom stereocenters. The van der Waals surface area contributed by atoms with Crippen LogP contribution in [-0.4, -0.2) is 0 Å². The lowest BCUT2D eigenvalue weighted by molar-refractivity contribution is 0.558. The molecule has 25 heavy (non-hydrogen) atoms. The Morgan fingerprint density at radius 3 is 2.16 bits per heavy atom. The Morgan fingerprint density at radius 1 is 0.960 bits per heavy atom. The zero-order chi connectivity index (χ0) is 19.1. The normalized spacial score (nSPS) is 12.4. The highest BCUT2D eigenvalue weighted by atomic mass is 19.2. The minimum Gasteiger partial charge on any atom is -0.206 e. The number of hydrogen-bond donors (Lipinski definition) is 0. The average Bonchev–Trinajstić information content (AvgIpc) is 2.56. The van der Waals surface area contributed by atoms with Crippen LogP contribution in [0.2, 0.25) is 0 Å². The van der Waals surface area contributed by atoms with Crippen molar-refractivity contribution in [1.82, 2.24) is 0 Å². The molecule has 0 spiro atoms. The summed E-state index contributed by atoms with van der Waals surface area (Å²) in [6.07, 6.45) is 6.22. The molecule has 0 nitrogen and oxygen atoms in total. The van der Waals surface area contributed by atoms with Gasteiger partial charge in [-0.1, -0.05) is 62.8 Å². The van der Waals surface area contributed by atoms with Crippen molar-refractivity contribution in [1.29, 1.82) is 0 Å². The van der Waals surface area contributed by atoms with Gasteiger partial charge in [0.05, 0.1) is 0 Å². The minimum absolute atomic E-state index is 0.0251. The number of hydrogen-bond acceptors (Lipinski definition) is 0. The molecule has 130 valence electrons. The van der Waals surface area contributed by atoms with Crippen LogP contribution in [0.15, 0.2) is 96.7 Å². The van der Waals surface area contributed by atoms with E-state index in [0.29, 0.717) is 11.1 Å². The Balaban J connectivity index is 2.81. The maximum atomic E-state index is 13.8. The molecule has 0 unspecified atom stereocenters. The first-order chi connectivity index (χ1) is 11.6. The lowest BCUT2D eigenvalue weighted by atomic mass is 10.0. The summed E-state index contributed by atoms with van der Waals surface area (Å²) in [5.41, 5.74) is 1.81. The standard InChI is InChI=1S/C22H21F3/c1-14(2)21(24)22(25)18(6)17(5)10-7-15(3)8-11-19-12-9-16(4)13-20(19)23/h7-13H,1,3,5-6H2,2,4H3/b10-7-,11-8+,22-21-. The molecule has 0 saturated carbocycles. The Hall–Kier alpha value is -2.81. The van der Waals surface area contributed by atoms with Crippen molar-refractivity contribution in [3.63, 3.8) is 0 Å². The van der Waals surface area contributed by atoms with Crippen LogP contribution in [0.5, 0.6) is 0 Å². The van der Waals surface area contributed by atoms with Crippen molar-refractivity contribution in [2.75, 3.05) is 0 Å². The maximum absolute atomic E-state index is 13.8. The second-order valence-corrected chi connectivity index (χ2v) is 5.68. The Labute approximate surface area is 147 Å². The fourth-order valence-corrected chi connectivity index (χ4v) is 1.79. The molecule has 1 aromatic rings. The average molecular weight is 342 g/mol. The van der Waals surface area contributed by atoms with Crippen LogP contribution >= 0.6 is 0 Å². The first-order valence-corrected chi connectivity index (χ1v) is 7.54. The summed E-state index contributed by atoms with van der Waals surface area (Å²) in [7, 11) is 0. The van der Waals surface area contributed by atoms with Crippen molar-refractivity contribution in [2.45, 2.75) is 13.8 Å². The number of rotatable bonds is 7. The molecule has 0 aliphatic rings. The van der Waals surface area contributed by atoms with Gasteiger partial charge in [0.15, 0.2) is 11.7 Å². The largest absolute Gasteiger partial charge is 0.206 e. The predicted molar refractivity (Wildman–Crippen MR) is 101 cm³/mol. The Morgan fingerprint density at radius 2 is 1.60 bits per heavy atom. The third-order valence-electron chi connectivity index (χ3n) is 3.35. The SMILES string of the molecule is C=C(/C=C\C(=C)C(=C)/C(F)=C(/F)C(=C)C)/C=C/c1ccc(C)cc1F. The quantitative estimate of drug-likeness (QED) is 0.464. The van der Waals surface area contributed by atoms with Gasteiger partial charge < -0.3 is 0 Å². The van der Waals surface area contributed by atoms with Crippen LogP contribution in [0.4, 0.5) is 13.2 Å². The van der Waals surface area contributed by atoms with E-state index < -0.39 is 11.7 Å². The van der Waals surface area contributed by atoms with E-state index >= 15 is 0 Å². The van der Waals surface area contributed by atoms with Crippen LogP contribution in [0.3, 0.4) is 0 Å². The topological polar surface area (TPSA) is 0 Å². The van der Waals surface area contributed by atoms with Gasteiger partial charge in [-0.15, -0.1) is 0 Å². The third-order valence-corrected chi connectivity index (χ3v) is 3.35. The molecule has 0 bridgehead atoms. The van der Waals surface area contributed by atoms with Crippen LogP contribution in [-0.2, 0) is 0 Å². The van der Waals surface area contributed by atoms with Crippen molar-refractivity contribution >= 4 is 6.08 Å². The highest BCUT2D eigenvalue weighted by molar-refractivity contribution is 5.56. The summed E-state index contributed by atoms with van der Waals surface area (Å²) >= 11 is 0. The lowest BCUT2D eigenvalue weighted by Crippen LogP contribution is -1.89. The summed E-state index contributed by atoms with van der Waals surface area (Å²) < 4.78 is 41.1. The highest BCUT2D eigenvalue weighted by Gasteiger charge is 2.11. The molecule has 0 N–H and O–H groups in total. The second-order valence-electron chi connectivity index (χ2n) is 5.68. The molecule has 0 aliphatic heterocycles. The highest BCUT2D eigenvalue weighted by Crippen LogP contribution is 2.26. The van der Waals surface area contributed by atoms with E-state index in [1.807, 2.05) is 0 Å². The van der Waals surface area contributed by atoms with Crippen molar-refractivity contribution in [3.8, 4) is 0 Å². The predicted octanol–water partition coefficient (Wildman–Crippen LogP) is 7.10. The zero-order valence-corrected chi connectivity index (χ0v) is 14.5. The maximum Gasteiger partial charge on any atom is 0.166 e. The fourth-order valence-electron chi connectivity index (χ4n) is 1.79. The molecular weight excluding hydrogens is 321 g/mol. The molecule has 1 aromatic carbocycles.